The summed E-state index contributed by atoms with van der Waals surface area (Å²) in [4.78, 5) is 13.9. The van der Waals surface area contributed by atoms with Crippen molar-refractivity contribution in [3.8, 4) is 0 Å². The number of nitrogens with zero attached hydrogens (tertiary/aromatic N) is 1. The third-order valence-electron chi connectivity index (χ3n) is 4.54. The van der Waals surface area contributed by atoms with Gasteiger partial charge >= 0.3 is 0 Å². The highest BCUT2D eigenvalue weighted by atomic mass is 16.2. The predicted octanol–water partition coefficient (Wildman–Crippen LogP) is 1.95. The molecule has 1 aromatic rings. The summed E-state index contributed by atoms with van der Waals surface area (Å²) in [6.07, 6.45) is 5.18. The van der Waals surface area contributed by atoms with Gasteiger partial charge in [-0.3, -0.25) is 4.79 Å². The molecule has 3 nitrogen and oxygen atoms in total. The second-order valence-electron chi connectivity index (χ2n) is 5.63. The summed E-state index contributed by atoms with van der Waals surface area (Å²) in [7, 11) is 0. The first kappa shape index (κ1) is 10.6. The van der Waals surface area contributed by atoms with Crippen molar-refractivity contribution in [2.24, 2.45) is 0 Å². The maximum absolute atomic E-state index is 11.9. The number of carbonyl (C=O) groups excluding carboxylic acids is 1. The Balaban J connectivity index is 1.80. The lowest BCUT2D eigenvalue weighted by Gasteiger charge is -2.26. The molecule has 1 amide bonds. The molecule has 3 aliphatic rings. The first-order chi connectivity index (χ1) is 8.83. The van der Waals surface area contributed by atoms with Crippen LogP contribution < -0.4 is 10.2 Å². The molecule has 94 valence electrons. The molecule has 1 atom stereocenters. The quantitative estimate of drug-likeness (QED) is 0.816. The molecule has 0 saturated carbocycles. The van der Waals surface area contributed by atoms with Crippen molar-refractivity contribution < 1.29 is 4.79 Å². The Labute approximate surface area is 107 Å². The average Bonchev–Trinajstić information content (AvgIpc) is 3.03. The van der Waals surface area contributed by atoms with Gasteiger partial charge in [-0.15, -0.1) is 0 Å². The Morgan fingerprint density at radius 1 is 1.17 bits per heavy atom. The Bertz CT molecular complexity index is 517. The molecule has 18 heavy (non-hydrogen) atoms. The topological polar surface area (TPSA) is 32.3 Å². The van der Waals surface area contributed by atoms with Crippen molar-refractivity contribution in [3.63, 3.8) is 0 Å². The Kier molecular flexibility index (Phi) is 2.24. The molecule has 3 heteroatoms. The van der Waals surface area contributed by atoms with Gasteiger partial charge in [0.2, 0.25) is 5.91 Å². The van der Waals surface area contributed by atoms with Crippen molar-refractivity contribution >= 4 is 11.6 Å². The van der Waals surface area contributed by atoms with Crippen LogP contribution in [0, 0.1) is 0 Å². The number of hydrogen-bond acceptors (Lipinski definition) is 2. The van der Waals surface area contributed by atoms with Crippen LogP contribution in [0.5, 0.6) is 0 Å². The van der Waals surface area contributed by atoms with Crippen molar-refractivity contribution in [3.05, 3.63) is 28.8 Å². The first-order valence-electron chi connectivity index (χ1n) is 7.02. The second kappa shape index (κ2) is 3.82. The summed E-state index contributed by atoms with van der Waals surface area (Å²) in [5.74, 6) is 0.313. The molecule has 1 saturated heterocycles. The molecule has 1 fully saturated rings. The maximum Gasteiger partial charge on any atom is 0.227 e. The highest BCUT2D eigenvalue weighted by molar-refractivity contribution is 5.98. The van der Waals surface area contributed by atoms with Crippen LogP contribution in [0.4, 0.5) is 5.69 Å². The molecule has 0 bridgehead atoms. The number of aryl methyl sites for hydroxylation is 1. The summed E-state index contributed by atoms with van der Waals surface area (Å²) >= 11 is 0. The van der Waals surface area contributed by atoms with E-state index in [0.29, 0.717) is 18.4 Å². The predicted molar refractivity (Wildman–Crippen MR) is 70.8 cm³/mol. The Morgan fingerprint density at radius 3 is 2.78 bits per heavy atom. The van der Waals surface area contributed by atoms with Crippen LogP contribution in [-0.4, -0.2) is 19.0 Å². The molecule has 0 aromatic heterocycles. The molecule has 0 aliphatic carbocycles. The monoisotopic (exact) mass is 242 g/mol. The van der Waals surface area contributed by atoms with Gasteiger partial charge < -0.3 is 10.2 Å². The number of rotatable bonds is 1. The SMILES string of the molecule is O=C1CCc2cc(C3CCCN3)cc3c2N1CC3. The van der Waals surface area contributed by atoms with Gasteiger partial charge in [-0.05, 0) is 48.9 Å². The maximum atomic E-state index is 11.9. The second-order valence-corrected chi connectivity index (χ2v) is 5.63. The third kappa shape index (κ3) is 1.43. The number of nitrogens with one attached hydrogen (secondary N) is 1. The van der Waals surface area contributed by atoms with Crippen molar-refractivity contribution in [1.82, 2.24) is 5.32 Å². The summed E-state index contributed by atoms with van der Waals surface area (Å²) in [5.41, 5.74) is 5.47. The lowest BCUT2D eigenvalue weighted by molar-refractivity contribution is -0.118. The van der Waals surface area contributed by atoms with Gasteiger partial charge in [-0.2, -0.15) is 0 Å². The average molecular weight is 242 g/mol. The van der Waals surface area contributed by atoms with Gasteiger partial charge in [-0.1, -0.05) is 12.1 Å². The smallest absolute Gasteiger partial charge is 0.227 e. The summed E-state index contributed by atoms with van der Waals surface area (Å²) in [5, 5.41) is 3.57. The van der Waals surface area contributed by atoms with Crippen molar-refractivity contribution in [1.29, 1.82) is 0 Å². The molecule has 4 rings (SSSR count). The largest absolute Gasteiger partial charge is 0.312 e. The van der Waals surface area contributed by atoms with E-state index < -0.39 is 0 Å². The van der Waals surface area contributed by atoms with Crippen molar-refractivity contribution in [2.45, 2.75) is 38.1 Å². The molecule has 0 radical (unpaired) electrons. The fraction of sp³-hybridized carbons (Fsp3) is 0.533. The van der Waals surface area contributed by atoms with E-state index in [4.69, 9.17) is 0 Å². The van der Waals surface area contributed by atoms with Crippen LogP contribution in [0.25, 0.3) is 0 Å². The van der Waals surface area contributed by atoms with E-state index >= 15 is 0 Å². The lowest BCUT2D eigenvalue weighted by Crippen LogP contribution is -2.32. The van der Waals surface area contributed by atoms with Gasteiger partial charge in [0.15, 0.2) is 0 Å². The zero-order valence-electron chi connectivity index (χ0n) is 10.5. The minimum atomic E-state index is 0.313. The molecule has 1 N–H and O–H groups in total. The molecule has 1 unspecified atom stereocenters. The van der Waals surface area contributed by atoms with Crippen molar-refractivity contribution in [2.75, 3.05) is 18.0 Å². The van der Waals surface area contributed by atoms with Gasteiger partial charge in [0.05, 0.1) is 5.69 Å². The van der Waals surface area contributed by atoms with Crippen LogP contribution in [-0.2, 0) is 17.6 Å². The van der Waals surface area contributed by atoms with Crippen LogP contribution in [0.15, 0.2) is 12.1 Å². The number of carbonyl (C=O) groups is 1. The standard InChI is InChI=1S/C15H18N2O/c18-14-4-3-10-8-12(13-2-1-6-16-13)9-11-5-7-17(14)15(10)11/h8-9,13,16H,1-7H2. The molecule has 1 aromatic carbocycles. The van der Waals surface area contributed by atoms with E-state index in [1.807, 2.05) is 4.90 Å². The minimum absolute atomic E-state index is 0.313. The number of hydrogen-bond donors (Lipinski definition) is 1. The summed E-state index contributed by atoms with van der Waals surface area (Å²) < 4.78 is 0. The highest BCUT2D eigenvalue weighted by Crippen LogP contribution is 2.39. The first-order valence-corrected chi connectivity index (χ1v) is 7.02. The fourth-order valence-electron chi connectivity index (χ4n) is 3.66. The zero-order chi connectivity index (χ0) is 12.1. The van der Waals surface area contributed by atoms with Gasteiger partial charge in [0.25, 0.3) is 0 Å². The lowest BCUT2D eigenvalue weighted by atomic mass is 9.93. The number of anilines is 1. The molecular weight excluding hydrogens is 224 g/mol. The van der Waals surface area contributed by atoms with E-state index in [0.717, 1.165) is 25.9 Å². The van der Waals surface area contributed by atoms with E-state index in [2.05, 4.69) is 17.4 Å². The van der Waals surface area contributed by atoms with E-state index in [1.165, 1.54) is 35.2 Å². The van der Waals surface area contributed by atoms with Crippen LogP contribution in [0.3, 0.4) is 0 Å². The normalized spacial score (nSPS) is 25.7. The van der Waals surface area contributed by atoms with E-state index in [-0.39, 0.29) is 0 Å². The summed E-state index contributed by atoms with van der Waals surface area (Å²) in [6, 6.07) is 5.21. The van der Waals surface area contributed by atoms with Gasteiger partial charge in [-0.25, -0.2) is 0 Å². The van der Waals surface area contributed by atoms with E-state index in [9.17, 15) is 4.79 Å². The fourth-order valence-corrected chi connectivity index (χ4v) is 3.66. The number of benzene rings is 1. The van der Waals surface area contributed by atoms with Crippen LogP contribution in [0.1, 0.15) is 42.0 Å². The minimum Gasteiger partial charge on any atom is -0.312 e. The Hall–Kier alpha value is -1.35. The molecule has 3 heterocycles. The third-order valence-corrected chi connectivity index (χ3v) is 4.54. The highest BCUT2D eigenvalue weighted by Gasteiger charge is 2.32. The zero-order valence-corrected chi connectivity index (χ0v) is 10.5. The molecular formula is C15H18N2O. The van der Waals surface area contributed by atoms with Gasteiger partial charge in [0.1, 0.15) is 0 Å². The molecule has 3 aliphatic heterocycles. The van der Waals surface area contributed by atoms with Crippen LogP contribution in [0.2, 0.25) is 0 Å². The molecule has 0 spiro atoms. The summed E-state index contributed by atoms with van der Waals surface area (Å²) in [6.45, 7) is 2.03. The number of amides is 1. The van der Waals surface area contributed by atoms with E-state index in [1.54, 1.807) is 0 Å². The van der Waals surface area contributed by atoms with Crippen LogP contribution >= 0.6 is 0 Å². The Morgan fingerprint density at radius 2 is 2.00 bits per heavy atom. The van der Waals surface area contributed by atoms with Gasteiger partial charge in [0, 0.05) is 19.0 Å².